The average Bonchev–Trinajstić information content (AvgIpc) is 2.67. The van der Waals surface area contributed by atoms with Crippen LogP contribution in [-0.4, -0.2) is 39.7 Å². The van der Waals surface area contributed by atoms with Gasteiger partial charge in [-0.3, -0.25) is 4.79 Å². The van der Waals surface area contributed by atoms with Crippen LogP contribution in [-0.2, 0) is 7.05 Å². The average molecular weight is 315 g/mol. The number of aliphatic hydroxyl groups excluding tert-OH is 1. The van der Waals surface area contributed by atoms with E-state index >= 15 is 0 Å². The number of amides is 1. The molecule has 1 aromatic rings. The second-order valence-electron chi connectivity index (χ2n) is 5.02. The molecule has 1 saturated heterocycles. The third kappa shape index (κ3) is 2.47. The van der Waals surface area contributed by atoms with Crippen molar-refractivity contribution in [3.63, 3.8) is 0 Å². The van der Waals surface area contributed by atoms with Crippen molar-refractivity contribution >= 4 is 21.8 Å². The van der Waals surface area contributed by atoms with Crippen LogP contribution in [0.5, 0.6) is 0 Å². The summed E-state index contributed by atoms with van der Waals surface area (Å²) in [6.45, 7) is 2.87. The van der Waals surface area contributed by atoms with E-state index in [4.69, 9.17) is 0 Å². The van der Waals surface area contributed by atoms with Crippen molar-refractivity contribution in [2.24, 2.45) is 13.0 Å². The molecule has 2 atom stereocenters. The lowest BCUT2D eigenvalue weighted by molar-refractivity contribution is 0.0350. The molecule has 0 spiro atoms. The fourth-order valence-corrected chi connectivity index (χ4v) is 3.19. The predicted octanol–water partition coefficient (Wildman–Crippen LogP) is 2.02. The molecule has 0 bridgehead atoms. The number of likely N-dealkylation sites (tertiary alicyclic amines) is 1. The molecule has 0 saturated carbocycles. The molecule has 2 unspecified atom stereocenters. The Bertz CT molecular complexity index is 444. The molecular weight excluding hydrogens is 296 g/mol. The molecule has 2 heterocycles. The largest absolute Gasteiger partial charge is 0.394 e. The van der Waals surface area contributed by atoms with E-state index in [9.17, 15) is 9.90 Å². The summed E-state index contributed by atoms with van der Waals surface area (Å²) in [5.74, 6) is 0.366. The van der Waals surface area contributed by atoms with Gasteiger partial charge in [0.25, 0.3) is 5.91 Å². The van der Waals surface area contributed by atoms with Crippen molar-refractivity contribution in [3.05, 3.63) is 22.4 Å². The van der Waals surface area contributed by atoms with E-state index in [2.05, 4.69) is 22.9 Å². The summed E-state index contributed by atoms with van der Waals surface area (Å²) in [6.07, 6.45) is 3.95. The first-order chi connectivity index (χ1) is 8.54. The molecule has 1 amide bonds. The van der Waals surface area contributed by atoms with Gasteiger partial charge in [0.05, 0.1) is 12.6 Å². The highest BCUT2D eigenvalue weighted by Crippen LogP contribution is 2.25. The van der Waals surface area contributed by atoms with Crippen molar-refractivity contribution in [1.29, 1.82) is 0 Å². The Kier molecular flexibility index (Phi) is 4.12. The minimum absolute atomic E-state index is 0.00815. The standard InChI is InChI=1S/C13H19BrN2O2/c1-9-4-3-5-16(12(9)8-17)13(18)11-6-10(14)7-15(11)2/h6-7,9,12,17H,3-5,8H2,1-2H3. The molecular formula is C13H19BrN2O2. The molecule has 1 aliphatic heterocycles. The lowest BCUT2D eigenvalue weighted by atomic mass is 9.91. The molecule has 0 aromatic carbocycles. The number of hydrogen-bond acceptors (Lipinski definition) is 2. The first-order valence-corrected chi connectivity index (χ1v) is 7.07. The first-order valence-electron chi connectivity index (χ1n) is 6.28. The number of piperidine rings is 1. The topological polar surface area (TPSA) is 45.5 Å². The van der Waals surface area contributed by atoms with Crippen molar-refractivity contribution < 1.29 is 9.90 Å². The van der Waals surface area contributed by atoms with Gasteiger partial charge in [0.1, 0.15) is 5.69 Å². The molecule has 5 heteroatoms. The summed E-state index contributed by atoms with van der Waals surface area (Å²) >= 11 is 3.38. The Balaban J connectivity index is 2.24. The van der Waals surface area contributed by atoms with Gasteiger partial charge in [-0.1, -0.05) is 6.92 Å². The Labute approximate surface area is 116 Å². The Morgan fingerprint density at radius 1 is 1.61 bits per heavy atom. The Morgan fingerprint density at radius 2 is 2.33 bits per heavy atom. The van der Waals surface area contributed by atoms with Gasteiger partial charge in [0, 0.05) is 24.3 Å². The van der Waals surface area contributed by atoms with Gasteiger partial charge in [-0.05, 0) is 40.8 Å². The number of nitrogens with zero attached hydrogens (tertiary/aromatic N) is 2. The smallest absolute Gasteiger partial charge is 0.270 e. The number of rotatable bonds is 2. The zero-order valence-corrected chi connectivity index (χ0v) is 12.4. The number of hydrogen-bond donors (Lipinski definition) is 1. The normalized spacial score (nSPS) is 24.3. The van der Waals surface area contributed by atoms with Crippen LogP contribution in [0.15, 0.2) is 16.7 Å². The van der Waals surface area contributed by atoms with E-state index in [0.717, 1.165) is 23.9 Å². The van der Waals surface area contributed by atoms with E-state index < -0.39 is 0 Å². The molecule has 2 rings (SSSR count). The van der Waals surface area contributed by atoms with E-state index in [1.54, 1.807) is 0 Å². The second kappa shape index (κ2) is 5.45. The van der Waals surface area contributed by atoms with Gasteiger partial charge in [-0.15, -0.1) is 0 Å². The van der Waals surface area contributed by atoms with Gasteiger partial charge >= 0.3 is 0 Å². The van der Waals surface area contributed by atoms with E-state index in [1.165, 1.54) is 0 Å². The number of aromatic nitrogens is 1. The molecule has 1 N–H and O–H groups in total. The second-order valence-corrected chi connectivity index (χ2v) is 5.94. The van der Waals surface area contributed by atoms with Crippen LogP contribution in [0.25, 0.3) is 0 Å². The summed E-state index contributed by atoms with van der Waals surface area (Å²) in [5.41, 5.74) is 0.662. The number of halogens is 1. The molecule has 0 radical (unpaired) electrons. The molecule has 1 aromatic heterocycles. The summed E-state index contributed by atoms with van der Waals surface area (Å²) in [5, 5.41) is 9.49. The summed E-state index contributed by atoms with van der Waals surface area (Å²) in [6, 6.07) is 1.77. The van der Waals surface area contributed by atoms with Gasteiger partial charge in [0.2, 0.25) is 0 Å². The van der Waals surface area contributed by atoms with Crippen molar-refractivity contribution in [1.82, 2.24) is 9.47 Å². The minimum Gasteiger partial charge on any atom is -0.394 e. The summed E-state index contributed by atoms with van der Waals surface area (Å²) in [4.78, 5) is 14.3. The molecule has 100 valence electrons. The van der Waals surface area contributed by atoms with Crippen LogP contribution in [0.4, 0.5) is 0 Å². The summed E-state index contributed by atoms with van der Waals surface area (Å²) in [7, 11) is 1.86. The van der Waals surface area contributed by atoms with Crippen LogP contribution in [0.3, 0.4) is 0 Å². The maximum Gasteiger partial charge on any atom is 0.270 e. The van der Waals surface area contributed by atoms with Crippen LogP contribution >= 0.6 is 15.9 Å². The molecule has 1 fully saturated rings. The highest BCUT2D eigenvalue weighted by atomic mass is 79.9. The van der Waals surface area contributed by atoms with Gasteiger partial charge < -0.3 is 14.6 Å². The number of carbonyl (C=O) groups excluding carboxylic acids is 1. The maximum atomic E-state index is 12.5. The van der Waals surface area contributed by atoms with E-state index in [0.29, 0.717) is 11.6 Å². The Hall–Kier alpha value is -0.810. The highest BCUT2D eigenvalue weighted by molar-refractivity contribution is 9.10. The lowest BCUT2D eigenvalue weighted by Gasteiger charge is -2.39. The predicted molar refractivity (Wildman–Crippen MR) is 73.4 cm³/mol. The molecule has 4 nitrogen and oxygen atoms in total. The summed E-state index contributed by atoms with van der Waals surface area (Å²) < 4.78 is 2.72. The molecule has 1 aliphatic rings. The SMILES string of the molecule is CC1CCCN(C(=O)c2cc(Br)cn2C)C1CO. The van der Waals surface area contributed by atoms with Crippen LogP contribution in [0, 0.1) is 5.92 Å². The van der Waals surface area contributed by atoms with Crippen LogP contribution < -0.4 is 0 Å². The van der Waals surface area contributed by atoms with Crippen molar-refractivity contribution in [2.75, 3.05) is 13.2 Å². The third-order valence-electron chi connectivity index (χ3n) is 3.75. The number of aliphatic hydroxyl groups is 1. The van der Waals surface area contributed by atoms with Crippen LogP contribution in [0.2, 0.25) is 0 Å². The fraction of sp³-hybridized carbons (Fsp3) is 0.615. The van der Waals surface area contributed by atoms with Crippen molar-refractivity contribution in [2.45, 2.75) is 25.8 Å². The molecule has 18 heavy (non-hydrogen) atoms. The zero-order chi connectivity index (χ0) is 13.3. The van der Waals surface area contributed by atoms with Gasteiger partial charge in [0.15, 0.2) is 0 Å². The third-order valence-corrected chi connectivity index (χ3v) is 4.19. The monoisotopic (exact) mass is 314 g/mol. The number of aryl methyl sites for hydroxylation is 1. The van der Waals surface area contributed by atoms with Gasteiger partial charge in [-0.25, -0.2) is 0 Å². The van der Waals surface area contributed by atoms with E-state index in [1.807, 2.05) is 28.8 Å². The minimum atomic E-state index is -0.0556. The van der Waals surface area contributed by atoms with Gasteiger partial charge in [-0.2, -0.15) is 0 Å². The van der Waals surface area contributed by atoms with E-state index in [-0.39, 0.29) is 18.6 Å². The zero-order valence-electron chi connectivity index (χ0n) is 10.8. The first kappa shape index (κ1) is 13.6. The number of carbonyl (C=O) groups is 1. The quantitative estimate of drug-likeness (QED) is 0.907. The highest BCUT2D eigenvalue weighted by Gasteiger charge is 2.32. The van der Waals surface area contributed by atoms with Crippen LogP contribution in [0.1, 0.15) is 30.3 Å². The lowest BCUT2D eigenvalue weighted by Crippen LogP contribution is -2.50. The maximum absolute atomic E-state index is 12.5. The molecule has 0 aliphatic carbocycles. The van der Waals surface area contributed by atoms with Crippen molar-refractivity contribution in [3.8, 4) is 0 Å². The Morgan fingerprint density at radius 3 is 2.89 bits per heavy atom. The fourth-order valence-electron chi connectivity index (χ4n) is 2.66.